The van der Waals surface area contributed by atoms with Crippen LogP contribution in [0.4, 0.5) is 28.7 Å². The number of hydrogen-bond donors (Lipinski definition) is 4. The van der Waals surface area contributed by atoms with Crippen LogP contribution in [0, 0.1) is 27.7 Å². The highest BCUT2D eigenvalue weighted by Gasteiger charge is 2.29. The van der Waals surface area contributed by atoms with E-state index in [1.165, 1.54) is 33.8 Å². The molecule has 0 saturated carbocycles. The molecule has 12 aromatic rings. The molecule has 0 atom stereocenters. The topological polar surface area (TPSA) is 233 Å². The standard InChI is InChI=1S/C25H26N6O.2C21H19N5.C5H8O2/c1-16-28-22-4-3-21(17-6-10-27-24(26)15-17)29-25(22)31(16)20-2-5-23-18(14-20)7-11-30(23)19-8-12-32-13-9-19;1-13-11-15(7-9-22-13)19-5-6-20-21(25-19)26(14(2)24-20)17-3-4-18-16(12-17)8-10-23-18;1-13-25-19-4-2-14(15-6-9-24-21(22)12-15)11-20(19)26(13)17-3-5-18-16(10-17)7-8-23-18;6-5-1-3-7-4-2-5/h2-6,10,14-15,19H,7-9,11-13H2,1H3,(H2,26,27);3-7,9,11-12,23H,8,10H2,1-2H3;2-6,9-12,23H,7-8H2,1H3,(H2,22,24);1-4H2. The van der Waals surface area contributed by atoms with E-state index in [0.717, 1.165) is 172 Å². The molecule has 17 rings (SSSR count). The Kier molecular flexibility index (Phi) is 16.2. The number of ether oxygens (including phenoxy) is 2. The number of nitrogens with one attached hydrogen (secondary N) is 2. The van der Waals surface area contributed by atoms with E-state index in [1.54, 1.807) is 12.4 Å². The molecule has 19 nitrogen and oxygen atoms in total. The normalized spacial score (nSPS) is 15.0. The van der Waals surface area contributed by atoms with Gasteiger partial charge in [-0.1, -0.05) is 6.07 Å². The summed E-state index contributed by atoms with van der Waals surface area (Å²) < 4.78 is 17.0. The van der Waals surface area contributed by atoms with Crippen molar-refractivity contribution in [1.82, 2.24) is 53.6 Å². The lowest BCUT2D eigenvalue weighted by atomic mass is 10.1. The van der Waals surface area contributed by atoms with E-state index in [2.05, 4.69) is 130 Å². The van der Waals surface area contributed by atoms with Crippen molar-refractivity contribution in [3.63, 3.8) is 0 Å². The first-order valence-electron chi connectivity index (χ1n) is 31.3. The summed E-state index contributed by atoms with van der Waals surface area (Å²) in [5.41, 5.74) is 35.7. The molecular formula is C72H72N16O3. The predicted octanol–water partition coefficient (Wildman–Crippen LogP) is 12.3. The Bertz CT molecular complexity index is 4520. The van der Waals surface area contributed by atoms with Crippen LogP contribution in [0.5, 0.6) is 0 Å². The van der Waals surface area contributed by atoms with Crippen LogP contribution in [0.25, 0.3) is 84.1 Å². The Hall–Kier alpha value is -10.4. The third kappa shape index (κ3) is 12.2. The van der Waals surface area contributed by atoms with Gasteiger partial charge in [0.25, 0.3) is 0 Å². The van der Waals surface area contributed by atoms with E-state index < -0.39 is 0 Å². The summed E-state index contributed by atoms with van der Waals surface area (Å²) in [4.78, 5) is 49.5. The molecule has 4 aromatic carbocycles. The van der Waals surface area contributed by atoms with Crippen molar-refractivity contribution >= 4 is 67.8 Å². The number of aryl methyl sites for hydroxylation is 4. The molecule has 91 heavy (non-hydrogen) atoms. The molecule has 0 aliphatic carbocycles. The van der Waals surface area contributed by atoms with Gasteiger partial charge in [-0.15, -0.1) is 0 Å². The number of carbonyl (C=O) groups excluding carboxylic acids is 1. The first-order valence-corrected chi connectivity index (χ1v) is 31.3. The molecule has 6 N–H and O–H groups in total. The van der Waals surface area contributed by atoms with Crippen molar-refractivity contribution in [2.75, 3.05) is 73.1 Å². The van der Waals surface area contributed by atoms with Crippen LogP contribution >= 0.6 is 0 Å². The van der Waals surface area contributed by atoms with Gasteiger partial charge in [-0.25, -0.2) is 34.9 Å². The zero-order valence-corrected chi connectivity index (χ0v) is 51.7. The van der Waals surface area contributed by atoms with Gasteiger partial charge < -0.3 is 36.5 Å². The monoisotopic (exact) mass is 1210 g/mol. The number of pyridine rings is 5. The fourth-order valence-electron chi connectivity index (χ4n) is 13.1. The van der Waals surface area contributed by atoms with Crippen molar-refractivity contribution in [2.24, 2.45) is 0 Å². The van der Waals surface area contributed by atoms with Crippen LogP contribution in [-0.2, 0) is 33.5 Å². The molecule has 0 unspecified atom stereocenters. The lowest BCUT2D eigenvalue weighted by Gasteiger charge is -2.33. The van der Waals surface area contributed by atoms with Crippen molar-refractivity contribution in [2.45, 2.75) is 78.7 Å². The molecule has 2 fully saturated rings. The number of fused-ring (bicyclic) bond motifs is 6. The van der Waals surface area contributed by atoms with Crippen molar-refractivity contribution in [3.8, 4) is 50.7 Å². The molecule has 0 radical (unpaired) electrons. The van der Waals surface area contributed by atoms with Gasteiger partial charge in [0, 0.05) is 121 Å². The molecule has 0 spiro atoms. The van der Waals surface area contributed by atoms with Gasteiger partial charge in [0.15, 0.2) is 11.3 Å². The average Bonchev–Trinajstić information content (AvgIpc) is 2.10. The summed E-state index contributed by atoms with van der Waals surface area (Å²) in [6.07, 6.45) is 11.9. The Morgan fingerprint density at radius 3 is 1.56 bits per heavy atom. The summed E-state index contributed by atoms with van der Waals surface area (Å²) in [6, 6.07) is 46.6. The number of hydrogen-bond acceptors (Lipinski definition) is 16. The number of anilines is 5. The number of nitrogen functional groups attached to an aromatic ring is 2. The highest BCUT2D eigenvalue weighted by atomic mass is 16.5. The van der Waals surface area contributed by atoms with Crippen LogP contribution in [0.3, 0.4) is 0 Å². The van der Waals surface area contributed by atoms with Gasteiger partial charge in [-0.05, 0) is 215 Å². The molecule has 19 heteroatoms. The van der Waals surface area contributed by atoms with Gasteiger partial charge in [-0.3, -0.25) is 23.5 Å². The van der Waals surface area contributed by atoms with Crippen LogP contribution in [0.2, 0.25) is 0 Å². The molecule has 13 heterocycles. The molecule has 8 aromatic heterocycles. The van der Waals surface area contributed by atoms with E-state index in [9.17, 15) is 4.79 Å². The summed E-state index contributed by atoms with van der Waals surface area (Å²) in [5, 5.41) is 6.83. The second-order valence-electron chi connectivity index (χ2n) is 23.7. The zero-order valence-electron chi connectivity index (χ0n) is 51.7. The van der Waals surface area contributed by atoms with Crippen molar-refractivity contribution < 1.29 is 14.3 Å². The third-order valence-corrected chi connectivity index (χ3v) is 17.6. The minimum Gasteiger partial charge on any atom is -0.384 e. The second kappa shape index (κ2) is 25.3. The molecule has 5 aliphatic heterocycles. The van der Waals surface area contributed by atoms with E-state index in [1.807, 2.05) is 81.6 Å². The first kappa shape index (κ1) is 58.3. The van der Waals surface area contributed by atoms with Crippen LogP contribution in [0.1, 0.15) is 65.5 Å². The van der Waals surface area contributed by atoms with Gasteiger partial charge in [-0.2, -0.15) is 0 Å². The number of nitrogens with zero attached hydrogens (tertiary/aromatic N) is 12. The summed E-state index contributed by atoms with van der Waals surface area (Å²) in [5.74, 6) is 4.21. The minimum absolute atomic E-state index is 0.339. The molecular weight excluding hydrogens is 1140 g/mol. The van der Waals surface area contributed by atoms with Crippen LogP contribution < -0.4 is 27.0 Å². The fourth-order valence-corrected chi connectivity index (χ4v) is 13.1. The fraction of sp³-hybridized carbons (Fsp3) is 0.264. The van der Waals surface area contributed by atoms with Gasteiger partial charge in [0.1, 0.15) is 45.9 Å². The van der Waals surface area contributed by atoms with E-state index >= 15 is 0 Å². The number of carbonyl (C=O) groups is 1. The zero-order chi connectivity index (χ0) is 62.1. The summed E-state index contributed by atoms with van der Waals surface area (Å²) in [7, 11) is 0. The average molecular weight is 1210 g/mol. The molecule has 0 amide bonds. The van der Waals surface area contributed by atoms with Gasteiger partial charge >= 0.3 is 0 Å². The maximum Gasteiger partial charge on any atom is 0.165 e. The Labute approximate surface area is 527 Å². The molecule has 5 aliphatic rings. The number of benzene rings is 4. The van der Waals surface area contributed by atoms with E-state index in [0.29, 0.717) is 49.5 Å². The Morgan fingerprint density at radius 1 is 0.462 bits per heavy atom. The quantitative estimate of drug-likeness (QED) is 0.116. The maximum absolute atomic E-state index is 10.4. The third-order valence-electron chi connectivity index (χ3n) is 17.6. The minimum atomic E-state index is 0.339. The maximum atomic E-state index is 10.4. The van der Waals surface area contributed by atoms with Crippen LogP contribution in [-0.4, -0.2) is 111 Å². The SMILES string of the molecule is Cc1cc(-c2ccc3nc(C)n(-c4ccc5c(c4)CCN5)c3n2)ccn1.Cc1nc2ccc(-c3ccnc(N)c3)cc2n1-c1ccc2c(c1)CCN2.Cc1nc2ccc(-c3ccnc(N)c3)nc2n1-c1ccc2c(c1)CCN2C1CCOCC1.O=C1CCOCC1. The number of nitrogens with two attached hydrogens (primary N) is 2. The van der Waals surface area contributed by atoms with E-state index in [-0.39, 0.29) is 0 Å². The summed E-state index contributed by atoms with van der Waals surface area (Å²) in [6.45, 7) is 14.2. The van der Waals surface area contributed by atoms with Gasteiger partial charge in [0.2, 0.25) is 0 Å². The number of rotatable bonds is 7. The molecule has 0 bridgehead atoms. The van der Waals surface area contributed by atoms with Crippen LogP contribution in [0.15, 0.2) is 152 Å². The highest BCUT2D eigenvalue weighted by Crippen LogP contribution is 2.37. The molecule has 2 saturated heterocycles. The van der Waals surface area contributed by atoms with Crippen molar-refractivity contribution in [3.05, 3.63) is 192 Å². The number of aromatic nitrogens is 11. The molecule has 458 valence electrons. The van der Waals surface area contributed by atoms with Gasteiger partial charge in [0.05, 0.1) is 35.6 Å². The smallest absolute Gasteiger partial charge is 0.165 e. The van der Waals surface area contributed by atoms with Crippen molar-refractivity contribution in [1.29, 1.82) is 0 Å². The highest BCUT2D eigenvalue weighted by molar-refractivity contribution is 5.85. The van der Waals surface area contributed by atoms with E-state index in [4.69, 9.17) is 45.9 Å². The number of Topliss-reactive ketones (excluding diaryl/α,β-unsaturated/α-hetero) is 1. The Balaban J connectivity index is 0.000000113. The number of ketones is 1. The largest absolute Gasteiger partial charge is 0.384 e. The Morgan fingerprint density at radius 2 is 0.967 bits per heavy atom. The number of imidazole rings is 3. The first-order chi connectivity index (χ1) is 44.4. The second-order valence-corrected chi connectivity index (χ2v) is 23.7. The summed E-state index contributed by atoms with van der Waals surface area (Å²) >= 11 is 0. The lowest BCUT2D eigenvalue weighted by Crippen LogP contribution is -2.38. The lowest BCUT2D eigenvalue weighted by molar-refractivity contribution is -0.124. The predicted molar refractivity (Wildman–Crippen MR) is 361 cm³/mol.